The first kappa shape index (κ1) is 23.2. The summed E-state index contributed by atoms with van der Waals surface area (Å²) in [5, 5.41) is 5.99. The number of amides is 1. The molecule has 0 aromatic heterocycles. The van der Waals surface area contributed by atoms with Crippen molar-refractivity contribution < 1.29 is 31.9 Å². The molecule has 0 aliphatic heterocycles. The molecule has 1 aromatic carbocycles. The van der Waals surface area contributed by atoms with Gasteiger partial charge in [0.2, 0.25) is 5.91 Å². The third-order valence-electron chi connectivity index (χ3n) is 3.98. The fraction of sp³-hybridized carbons (Fsp3) is 0.333. The van der Waals surface area contributed by atoms with E-state index in [1.54, 1.807) is 30.3 Å². The highest BCUT2D eigenvalue weighted by Gasteiger charge is 2.25. The minimum atomic E-state index is -3.31. The van der Waals surface area contributed by atoms with Gasteiger partial charge in [-0.15, -0.1) is 0 Å². The third-order valence-corrected chi connectivity index (χ3v) is 3.98. The summed E-state index contributed by atoms with van der Waals surface area (Å²) in [5.74, 6) is -3.20. The maximum absolute atomic E-state index is 14.3. The predicted molar refractivity (Wildman–Crippen MR) is 104 cm³/mol. The van der Waals surface area contributed by atoms with Crippen LogP contribution in [0.3, 0.4) is 0 Å². The molecule has 0 bridgehead atoms. The van der Waals surface area contributed by atoms with Crippen LogP contribution in [0.5, 0.6) is 0 Å². The van der Waals surface area contributed by atoms with Crippen molar-refractivity contribution >= 4 is 11.7 Å². The van der Waals surface area contributed by atoms with Crippen LogP contribution in [-0.4, -0.2) is 25.0 Å². The molecule has 1 aliphatic carbocycles. The monoisotopic (exact) mass is 426 g/mol. The number of hydrogen-bond acceptors (Lipinski definition) is 4. The van der Waals surface area contributed by atoms with E-state index < -0.39 is 41.8 Å². The quantitative estimate of drug-likeness (QED) is 0.144. The first-order chi connectivity index (χ1) is 14.4. The predicted octanol–water partition coefficient (Wildman–Crippen LogP) is 4.94. The fourth-order valence-electron chi connectivity index (χ4n) is 2.41. The highest BCUT2D eigenvalue weighted by atomic mass is 19.3. The molecule has 0 atom stereocenters. The van der Waals surface area contributed by atoms with E-state index in [0.29, 0.717) is 5.56 Å². The summed E-state index contributed by atoms with van der Waals surface area (Å²) in [5.41, 5.74) is -0.147. The standard InChI is InChI=1S/C21H22F4N2O3/c1-2-6-17(30-21(24)25)19(16(23)12-22)20(27-29-13-15-9-10-15)26-18(28)11-14-7-4-3-5-8-14/h2-8,12,15,21H,9-11,13H2,1H3,(H,26,27,28)/b6-2-,16-12-,19-17-. The molecule has 0 radical (unpaired) electrons. The zero-order chi connectivity index (χ0) is 21.9. The van der Waals surface area contributed by atoms with Gasteiger partial charge in [-0.2, -0.15) is 8.78 Å². The van der Waals surface area contributed by atoms with Gasteiger partial charge in [0.25, 0.3) is 0 Å². The highest BCUT2D eigenvalue weighted by Crippen LogP contribution is 2.29. The minimum absolute atomic E-state index is 0.106. The first-order valence-corrected chi connectivity index (χ1v) is 9.26. The Morgan fingerprint density at radius 3 is 2.57 bits per heavy atom. The number of alkyl halides is 2. The Labute approximate surface area is 171 Å². The van der Waals surface area contributed by atoms with Gasteiger partial charge in [-0.3, -0.25) is 4.79 Å². The molecule has 0 spiro atoms. The zero-order valence-electron chi connectivity index (χ0n) is 16.3. The maximum Gasteiger partial charge on any atom is 0.387 e. The largest absolute Gasteiger partial charge is 0.434 e. The Hall–Kier alpha value is -3.10. The van der Waals surface area contributed by atoms with Crippen molar-refractivity contribution in [3.63, 3.8) is 0 Å². The van der Waals surface area contributed by atoms with Crippen molar-refractivity contribution in [3.05, 3.63) is 71.5 Å². The van der Waals surface area contributed by atoms with Gasteiger partial charge in [0.15, 0.2) is 11.7 Å². The number of allylic oxidation sites excluding steroid dienone is 2. The lowest BCUT2D eigenvalue weighted by atomic mass is 10.1. The molecule has 2 rings (SSSR count). The van der Waals surface area contributed by atoms with Crippen molar-refractivity contribution in [2.45, 2.75) is 32.8 Å². The van der Waals surface area contributed by atoms with E-state index in [4.69, 9.17) is 4.84 Å². The molecule has 1 aromatic rings. The third kappa shape index (κ3) is 7.73. The average molecular weight is 426 g/mol. The number of rotatable bonds is 10. The van der Waals surface area contributed by atoms with Crippen molar-refractivity contribution in [1.29, 1.82) is 0 Å². The molecule has 9 heteroatoms. The molecular formula is C21H22F4N2O3. The van der Waals surface area contributed by atoms with Gasteiger partial charge in [0.05, 0.1) is 6.42 Å². The molecule has 0 unspecified atom stereocenters. The van der Waals surface area contributed by atoms with Crippen LogP contribution < -0.4 is 5.32 Å². The van der Waals surface area contributed by atoms with E-state index in [1.807, 2.05) is 0 Å². The fourth-order valence-corrected chi connectivity index (χ4v) is 2.41. The van der Waals surface area contributed by atoms with Crippen LogP contribution in [-0.2, 0) is 20.8 Å². The lowest BCUT2D eigenvalue weighted by molar-refractivity contribution is -0.119. The molecule has 0 saturated heterocycles. The number of carbonyl (C=O) groups is 1. The van der Waals surface area contributed by atoms with E-state index in [0.717, 1.165) is 18.9 Å². The van der Waals surface area contributed by atoms with Crippen LogP contribution in [0, 0.1) is 5.92 Å². The lowest BCUT2D eigenvalue weighted by Gasteiger charge is -2.15. The minimum Gasteiger partial charge on any atom is -0.434 e. The van der Waals surface area contributed by atoms with Crippen LogP contribution in [0.25, 0.3) is 0 Å². The van der Waals surface area contributed by atoms with Crippen LogP contribution in [0.4, 0.5) is 17.6 Å². The molecule has 1 aliphatic rings. The Balaban J connectivity index is 2.37. The second-order valence-corrected chi connectivity index (χ2v) is 6.46. The molecule has 1 amide bonds. The van der Waals surface area contributed by atoms with Crippen LogP contribution in [0.1, 0.15) is 25.3 Å². The topological polar surface area (TPSA) is 59.9 Å². The smallest absolute Gasteiger partial charge is 0.387 e. The SMILES string of the molecule is C\C=C/C(OC(F)F)=C(C(\F)=C\F)/C(=N/OCC1CC1)NC(=O)Cc1ccccc1. The average Bonchev–Trinajstić information content (AvgIpc) is 3.52. The number of benzene rings is 1. The highest BCUT2D eigenvalue weighted by molar-refractivity contribution is 6.10. The van der Waals surface area contributed by atoms with Crippen molar-refractivity contribution in [1.82, 2.24) is 5.32 Å². The number of nitrogens with zero attached hydrogens (tertiary/aromatic N) is 1. The van der Waals surface area contributed by atoms with E-state index in [2.05, 4.69) is 15.2 Å². The van der Waals surface area contributed by atoms with E-state index in [1.165, 1.54) is 13.0 Å². The number of oxime groups is 1. The second kappa shape index (κ2) is 11.8. The van der Waals surface area contributed by atoms with Crippen LogP contribution in [0.15, 0.2) is 71.1 Å². The summed E-state index contributed by atoms with van der Waals surface area (Å²) in [4.78, 5) is 17.6. The Morgan fingerprint density at radius 1 is 1.30 bits per heavy atom. The van der Waals surface area contributed by atoms with Crippen LogP contribution in [0.2, 0.25) is 0 Å². The number of amidine groups is 1. The summed E-state index contributed by atoms with van der Waals surface area (Å²) in [6.45, 7) is -1.65. The Kier molecular flexibility index (Phi) is 9.11. The summed E-state index contributed by atoms with van der Waals surface area (Å²) in [6.07, 6.45) is 3.62. The molecule has 1 saturated carbocycles. The van der Waals surface area contributed by atoms with Gasteiger partial charge in [0, 0.05) is 0 Å². The summed E-state index contributed by atoms with van der Waals surface area (Å²) in [6, 6.07) is 8.63. The van der Waals surface area contributed by atoms with E-state index in [9.17, 15) is 22.4 Å². The van der Waals surface area contributed by atoms with Crippen LogP contribution >= 0.6 is 0 Å². The maximum atomic E-state index is 14.3. The Bertz CT molecular complexity index is 832. The Morgan fingerprint density at radius 2 is 2.00 bits per heavy atom. The second-order valence-electron chi connectivity index (χ2n) is 6.46. The van der Waals surface area contributed by atoms with Gasteiger partial charge in [-0.05, 0) is 37.3 Å². The molecular weight excluding hydrogens is 404 g/mol. The number of hydrogen-bond donors (Lipinski definition) is 1. The molecule has 5 nitrogen and oxygen atoms in total. The number of ether oxygens (including phenoxy) is 1. The zero-order valence-corrected chi connectivity index (χ0v) is 16.3. The first-order valence-electron chi connectivity index (χ1n) is 9.26. The summed E-state index contributed by atoms with van der Waals surface area (Å²) in [7, 11) is 0. The molecule has 1 fully saturated rings. The van der Waals surface area contributed by atoms with Gasteiger partial charge in [-0.1, -0.05) is 41.6 Å². The van der Waals surface area contributed by atoms with Crippen molar-refractivity contribution in [2.75, 3.05) is 6.61 Å². The normalized spacial score (nSPS) is 15.9. The number of carbonyl (C=O) groups excluding carboxylic acids is 1. The lowest BCUT2D eigenvalue weighted by Crippen LogP contribution is -2.34. The van der Waals surface area contributed by atoms with Crippen molar-refractivity contribution in [2.24, 2.45) is 11.1 Å². The summed E-state index contributed by atoms with van der Waals surface area (Å²) < 4.78 is 57.3. The van der Waals surface area contributed by atoms with Gasteiger partial charge < -0.3 is 14.9 Å². The summed E-state index contributed by atoms with van der Waals surface area (Å²) >= 11 is 0. The molecule has 0 heterocycles. The molecule has 1 N–H and O–H groups in total. The number of halogens is 4. The van der Waals surface area contributed by atoms with Crippen molar-refractivity contribution in [3.8, 4) is 0 Å². The number of nitrogens with one attached hydrogen (secondary N) is 1. The van der Waals surface area contributed by atoms with Gasteiger partial charge >= 0.3 is 6.61 Å². The van der Waals surface area contributed by atoms with Gasteiger partial charge in [-0.25, -0.2) is 8.78 Å². The van der Waals surface area contributed by atoms with E-state index >= 15 is 0 Å². The molecule has 162 valence electrons. The molecule has 30 heavy (non-hydrogen) atoms. The van der Waals surface area contributed by atoms with Gasteiger partial charge in [0.1, 0.15) is 24.3 Å². The van der Waals surface area contributed by atoms with E-state index in [-0.39, 0.29) is 18.9 Å².